The summed E-state index contributed by atoms with van der Waals surface area (Å²) < 4.78 is 5.46. The summed E-state index contributed by atoms with van der Waals surface area (Å²) in [5, 5.41) is 3.13. The molecule has 0 aromatic carbocycles. The van der Waals surface area contributed by atoms with Crippen LogP contribution in [-0.2, 0) is 13.1 Å². The van der Waals surface area contributed by atoms with E-state index in [1.165, 1.54) is 18.4 Å². The van der Waals surface area contributed by atoms with Gasteiger partial charge in [0.25, 0.3) is 0 Å². The maximum absolute atomic E-state index is 5.46. The maximum atomic E-state index is 5.46. The minimum absolute atomic E-state index is 0.824. The molecule has 1 aliphatic rings. The van der Waals surface area contributed by atoms with Gasteiger partial charge in [0.2, 0.25) is 0 Å². The van der Waals surface area contributed by atoms with Crippen molar-refractivity contribution >= 4 is 0 Å². The third kappa shape index (κ3) is 2.61. The largest absolute Gasteiger partial charge is 0.468 e. The zero-order chi connectivity index (χ0) is 10.7. The molecule has 0 amide bonds. The van der Waals surface area contributed by atoms with Crippen LogP contribution in [0.4, 0.5) is 0 Å². The van der Waals surface area contributed by atoms with Crippen LogP contribution in [0.3, 0.4) is 0 Å². The molecule has 0 bridgehead atoms. The van der Waals surface area contributed by atoms with Crippen LogP contribution >= 0.6 is 0 Å². The Labute approximate surface area is 91.4 Å². The molecule has 15 heavy (non-hydrogen) atoms. The average Bonchev–Trinajstić information content (AvgIpc) is 2.99. The quantitative estimate of drug-likeness (QED) is 0.775. The Morgan fingerprint density at radius 3 is 2.93 bits per heavy atom. The second kappa shape index (κ2) is 4.81. The van der Waals surface area contributed by atoms with Gasteiger partial charge in [0, 0.05) is 18.2 Å². The predicted octanol–water partition coefficient (Wildman–Crippen LogP) is 1.98. The number of hydrogen-bond donors (Lipinski definition) is 1. The van der Waals surface area contributed by atoms with E-state index in [2.05, 4.69) is 23.2 Å². The molecule has 0 aliphatic heterocycles. The van der Waals surface area contributed by atoms with Gasteiger partial charge in [-0.05, 0) is 32.5 Å². The summed E-state index contributed by atoms with van der Waals surface area (Å²) in [6.07, 6.45) is 4.53. The van der Waals surface area contributed by atoms with E-state index < -0.39 is 0 Å². The summed E-state index contributed by atoms with van der Waals surface area (Å²) in [7, 11) is 1.95. The molecule has 1 aliphatic carbocycles. The topological polar surface area (TPSA) is 28.4 Å². The Balaban J connectivity index is 1.98. The van der Waals surface area contributed by atoms with Crippen molar-refractivity contribution in [2.75, 3.05) is 13.6 Å². The van der Waals surface area contributed by atoms with Crippen molar-refractivity contribution in [1.82, 2.24) is 10.2 Å². The van der Waals surface area contributed by atoms with E-state index >= 15 is 0 Å². The fourth-order valence-electron chi connectivity index (χ4n) is 1.98. The molecule has 3 nitrogen and oxygen atoms in total. The first-order chi connectivity index (χ1) is 7.35. The Morgan fingerprint density at radius 2 is 2.33 bits per heavy atom. The highest BCUT2D eigenvalue weighted by atomic mass is 16.3. The van der Waals surface area contributed by atoms with Crippen molar-refractivity contribution < 1.29 is 4.42 Å². The SMILES string of the molecule is CCN(Cc1ccoc1CNC)C1CC1. The third-order valence-corrected chi connectivity index (χ3v) is 3.02. The molecule has 0 spiro atoms. The van der Waals surface area contributed by atoms with Gasteiger partial charge in [0.15, 0.2) is 0 Å². The van der Waals surface area contributed by atoms with Crippen molar-refractivity contribution in [3.63, 3.8) is 0 Å². The van der Waals surface area contributed by atoms with Crippen LogP contribution in [0.25, 0.3) is 0 Å². The highest BCUT2D eigenvalue weighted by Crippen LogP contribution is 2.28. The van der Waals surface area contributed by atoms with Gasteiger partial charge in [-0.1, -0.05) is 6.92 Å². The molecule has 84 valence electrons. The first-order valence-corrected chi connectivity index (χ1v) is 5.79. The Kier molecular flexibility index (Phi) is 3.44. The Hall–Kier alpha value is -0.800. The molecule has 2 rings (SSSR count). The van der Waals surface area contributed by atoms with Crippen molar-refractivity contribution in [3.8, 4) is 0 Å². The van der Waals surface area contributed by atoms with Crippen LogP contribution in [0.1, 0.15) is 31.1 Å². The van der Waals surface area contributed by atoms with Crippen LogP contribution in [0.15, 0.2) is 16.7 Å². The molecule has 0 saturated heterocycles. The van der Waals surface area contributed by atoms with Crippen molar-refractivity contribution in [2.24, 2.45) is 0 Å². The zero-order valence-electron chi connectivity index (χ0n) is 9.62. The van der Waals surface area contributed by atoms with E-state index in [1.54, 1.807) is 6.26 Å². The fraction of sp³-hybridized carbons (Fsp3) is 0.667. The highest BCUT2D eigenvalue weighted by Gasteiger charge is 2.28. The fourth-order valence-corrected chi connectivity index (χ4v) is 1.98. The summed E-state index contributed by atoms with van der Waals surface area (Å²) in [5.41, 5.74) is 1.33. The van der Waals surface area contributed by atoms with Crippen LogP contribution in [0, 0.1) is 0 Å². The number of hydrogen-bond acceptors (Lipinski definition) is 3. The molecule has 1 fully saturated rings. The standard InChI is InChI=1S/C12H20N2O/c1-3-14(11-4-5-11)9-10-6-7-15-12(10)8-13-2/h6-7,11,13H,3-5,8-9H2,1-2H3. The molecule has 3 heteroatoms. The van der Waals surface area contributed by atoms with E-state index in [-0.39, 0.29) is 0 Å². The molecule has 1 aromatic rings. The van der Waals surface area contributed by atoms with Gasteiger partial charge < -0.3 is 9.73 Å². The summed E-state index contributed by atoms with van der Waals surface area (Å²) in [4.78, 5) is 2.53. The average molecular weight is 208 g/mol. The van der Waals surface area contributed by atoms with Crippen molar-refractivity contribution in [3.05, 3.63) is 23.7 Å². The lowest BCUT2D eigenvalue weighted by molar-refractivity contribution is 0.266. The molecular weight excluding hydrogens is 188 g/mol. The lowest BCUT2D eigenvalue weighted by Crippen LogP contribution is -2.25. The van der Waals surface area contributed by atoms with Crippen LogP contribution in [0.2, 0.25) is 0 Å². The molecule has 1 saturated carbocycles. The molecule has 0 radical (unpaired) electrons. The van der Waals surface area contributed by atoms with Gasteiger partial charge in [-0.3, -0.25) is 4.90 Å². The number of nitrogens with one attached hydrogen (secondary N) is 1. The molecule has 0 atom stereocenters. The Bertz CT molecular complexity index is 304. The molecule has 1 N–H and O–H groups in total. The second-order valence-corrected chi connectivity index (χ2v) is 4.19. The Morgan fingerprint density at radius 1 is 1.53 bits per heavy atom. The second-order valence-electron chi connectivity index (χ2n) is 4.19. The summed E-state index contributed by atoms with van der Waals surface area (Å²) in [6.45, 7) is 5.23. The molecule has 0 unspecified atom stereocenters. The van der Waals surface area contributed by atoms with Gasteiger partial charge in [0.05, 0.1) is 12.8 Å². The number of nitrogens with zero attached hydrogens (tertiary/aromatic N) is 1. The lowest BCUT2D eigenvalue weighted by atomic mass is 10.2. The van der Waals surface area contributed by atoms with E-state index in [0.717, 1.165) is 31.4 Å². The zero-order valence-corrected chi connectivity index (χ0v) is 9.62. The van der Waals surface area contributed by atoms with E-state index in [0.29, 0.717) is 0 Å². The molecule has 1 heterocycles. The monoisotopic (exact) mass is 208 g/mol. The smallest absolute Gasteiger partial charge is 0.122 e. The van der Waals surface area contributed by atoms with E-state index in [9.17, 15) is 0 Å². The summed E-state index contributed by atoms with van der Waals surface area (Å²) in [5.74, 6) is 1.08. The maximum Gasteiger partial charge on any atom is 0.122 e. The van der Waals surface area contributed by atoms with Crippen molar-refractivity contribution in [2.45, 2.75) is 38.9 Å². The lowest BCUT2D eigenvalue weighted by Gasteiger charge is -2.19. The van der Waals surface area contributed by atoms with Crippen LogP contribution < -0.4 is 5.32 Å². The van der Waals surface area contributed by atoms with Crippen molar-refractivity contribution in [1.29, 1.82) is 0 Å². The molecular formula is C12H20N2O. The normalized spacial score (nSPS) is 16.2. The summed E-state index contributed by atoms with van der Waals surface area (Å²) >= 11 is 0. The van der Waals surface area contributed by atoms with Crippen LogP contribution in [0.5, 0.6) is 0 Å². The first-order valence-electron chi connectivity index (χ1n) is 5.79. The number of furan rings is 1. The first kappa shape index (κ1) is 10.7. The van der Waals surface area contributed by atoms with Crippen LogP contribution in [-0.4, -0.2) is 24.5 Å². The minimum Gasteiger partial charge on any atom is -0.468 e. The van der Waals surface area contributed by atoms with Gasteiger partial charge in [0.1, 0.15) is 5.76 Å². The predicted molar refractivity (Wildman–Crippen MR) is 60.6 cm³/mol. The van der Waals surface area contributed by atoms with Gasteiger partial charge in [-0.25, -0.2) is 0 Å². The number of rotatable bonds is 6. The van der Waals surface area contributed by atoms with E-state index in [4.69, 9.17) is 4.42 Å². The van der Waals surface area contributed by atoms with Gasteiger partial charge in [-0.15, -0.1) is 0 Å². The third-order valence-electron chi connectivity index (χ3n) is 3.02. The minimum atomic E-state index is 0.824. The highest BCUT2D eigenvalue weighted by molar-refractivity contribution is 5.17. The van der Waals surface area contributed by atoms with E-state index in [1.807, 2.05) is 7.05 Å². The molecule has 1 aromatic heterocycles. The summed E-state index contributed by atoms with van der Waals surface area (Å²) in [6, 6.07) is 2.92. The van der Waals surface area contributed by atoms with Gasteiger partial charge in [-0.2, -0.15) is 0 Å². The van der Waals surface area contributed by atoms with Gasteiger partial charge >= 0.3 is 0 Å².